The van der Waals surface area contributed by atoms with Crippen LogP contribution < -0.4 is 5.73 Å². The molecule has 6 heteroatoms. The molecule has 0 aromatic carbocycles. The van der Waals surface area contributed by atoms with Crippen molar-refractivity contribution in [1.29, 1.82) is 0 Å². The highest BCUT2D eigenvalue weighted by Gasteiger charge is 2.34. The van der Waals surface area contributed by atoms with Gasteiger partial charge in [0.25, 0.3) is 0 Å². The van der Waals surface area contributed by atoms with Gasteiger partial charge in [0.2, 0.25) is 0 Å². The van der Waals surface area contributed by atoms with Gasteiger partial charge in [0, 0.05) is 6.42 Å². The van der Waals surface area contributed by atoms with E-state index in [0.717, 1.165) is 6.92 Å². The van der Waals surface area contributed by atoms with Crippen molar-refractivity contribution in [3.63, 3.8) is 0 Å². The van der Waals surface area contributed by atoms with Crippen LogP contribution in [0.3, 0.4) is 0 Å². The maximum absolute atomic E-state index is 10.3. The maximum atomic E-state index is 10.3. The molecule has 0 aliphatic carbocycles. The number of hydrogen-bond donors (Lipinski definition) is 4. The zero-order valence-corrected chi connectivity index (χ0v) is 6.52. The fourth-order valence-corrected chi connectivity index (χ4v) is 0.603. The number of carboxylic acid groups (broad SMARTS) is 2. The zero-order chi connectivity index (χ0) is 9.94. The van der Waals surface area contributed by atoms with E-state index in [1.54, 1.807) is 0 Å². The Kier molecular flexibility index (Phi) is 3.17. The summed E-state index contributed by atoms with van der Waals surface area (Å²) in [6.07, 6.45) is -0.516. The summed E-state index contributed by atoms with van der Waals surface area (Å²) in [5.74, 6) is -2.82. The Labute approximate surface area is 68.6 Å². The third-order valence-corrected chi connectivity index (χ3v) is 1.40. The molecule has 0 heterocycles. The van der Waals surface area contributed by atoms with Crippen LogP contribution >= 0.6 is 0 Å². The molecule has 70 valence electrons. The van der Waals surface area contributed by atoms with E-state index in [2.05, 4.69) is 0 Å². The van der Waals surface area contributed by atoms with Crippen molar-refractivity contribution in [3.05, 3.63) is 0 Å². The van der Waals surface area contributed by atoms with Crippen molar-refractivity contribution in [3.8, 4) is 0 Å². The molecule has 6 nitrogen and oxygen atoms in total. The molecule has 5 N–H and O–H groups in total. The lowest BCUT2D eigenvalue weighted by atomic mass is 9.98. The molecule has 0 rings (SSSR count). The molecule has 0 aliphatic heterocycles. The molecule has 0 bridgehead atoms. The summed E-state index contributed by atoms with van der Waals surface area (Å²) in [4.78, 5) is 20.5. The molecule has 0 aromatic heterocycles. The van der Waals surface area contributed by atoms with Crippen molar-refractivity contribution in [2.24, 2.45) is 5.73 Å². The van der Waals surface area contributed by atoms with Crippen molar-refractivity contribution in [1.82, 2.24) is 0 Å². The number of nitrogens with two attached hydrogens (primary N) is 1. The van der Waals surface area contributed by atoms with Gasteiger partial charge in [-0.2, -0.15) is 0 Å². The van der Waals surface area contributed by atoms with Crippen LogP contribution in [0.4, 0.5) is 0 Å². The Bertz CT molecular complexity index is 200. The average Bonchev–Trinajstić information content (AvgIpc) is 1.85. The van der Waals surface area contributed by atoms with Gasteiger partial charge in [0.15, 0.2) is 5.60 Å². The van der Waals surface area contributed by atoms with Crippen molar-refractivity contribution in [2.75, 3.05) is 0 Å². The predicted molar refractivity (Wildman–Crippen MR) is 38.5 cm³/mol. The second kappa shape index (κ2) is 3.51. The highest BCUT2D eigenvalue weighted by atomic mass is 16.4. The Morgan fingerprint density at radius 3 is 2.17 bits per heavy atom. The Morgan fingerprint density at radius 1 is 1.50 bits per heavy atom. The number of rotatable bonds is 4. The molecular weight excluding hydrogens is 166 g/mol. The number of hydrogen-bond acceptors (Lipinski definition) is 4. The van der Waals surface area contributed by atoms with E-state index in [4.69, 9.17) is 21.1 Å². The van der Waals surface area contributed by atoms with Crippen LogP contribution in [0.25, 0.3) is 0 Å². The molecule has 0 fully saturated rings. The highest BCUT2D eigenvalue weighted by Crippen LogP contribution is 2.11. The maximum Gasteiger partial charge on any atom is 0.335 e. The summed E-state index contributed by atoms with van der Waals surface area (Å²) in [6.45, 7) is 0.998. The lowest BCUT2D eigenvalue weighted by Gasteiger charge is -2.19. The number of aliphatic carboxylic acids is 2. The first-order valence-corrected chi connectivity index (χ1v) is 3.21. The molecule has 0 saturated heterocycles. The van der Waals surface area contributed by atoms with Gasteiger partial charge in [-0.05, 0) is 6.92 Å². The lowest BCUT2D eigenvalue weighted by molar-refractivity contribution is -0.158. The Morgan fingerprint density at radius 2 is 1.92 bits per heavy atom. The van der Waals surface area contributed by atoms with Gasteiger partial charge in [-0.3, -0.25) is 4.79 Å². The molecular formula is C6H11NO5. The largest absolute Gasteiger partial charge is 0.480 e. The SMILES string of the molecule is CC(O)(CC(N)C(=O)O)C(=O)O. The van der Waals surface area contributed by atoms with E-state index in [0.29, 0.717) is 0 Å². The van der Waals surface area contributed by atoms with Gasteiger partial charge in [0.1, 0.15) is 6.04 Å². The summed E-state index contributed by atoms with van der Waals surface area (Å²) in [5, 5.41) is 25.7. The third-order valence-electron chi connectivity index (χ3n) is 1.40. The third kappa shape index (κ3) is 2.85. The summed E-state index contributed by atoms with van der Waals surface area (Å²) in [7, 11) is 0. The molecule has 2 unspecified atom stereocenters. The minimum Gasteiger partial charge on any atom is -0.480 e. The lowest BCUT2D eigenvalue weighted by Crippen LogP contribution is -2.44. The standard InChI is InChI=1S/C6H11NO5/c1-6(12,5(10)11)2-3(7)4(8)9/h3,12H,2,7H2,1H3,(H,8,9)(H,10,11). The van der Waals surface area contributed by atoms with E-state index < -0.39 is 30.0 Å². The van der Waals surface area contributed by atoms with Crippen molar-refractivity contribution >= 4 is 11.9 Å². The average molecular weight is 177 g/mol. The van der Waals surface area contributed by atoms with Crippen molar-refractivity contribution in [2.45, 2.75) is 25.0 Å². The van der Waals surface area contributed by atoms with Crippen molar-refractivity contribution < 1.29 is 24.9 Å². The van der Waals surface area contributed by atoms with Crippen LogP contribution in [0.5, 0.6) is 0 Å². The van der Waals surface area contributed by atoms with E-state index in [9.17, 15) is 9.59 Å². The number of carboxylic acids is 2. The van der Waals surface area contributed by atoms with E-state index in [1.807, 2.05) is 0 Å². The summed E-state index contributed by atoms with van der Waals surface area (Å²) in [6, 6.07) is -1.36. The van der Waals surface area contributed by atoms with Crippen LogP contribution in [0, 0.1) is 0 Å². The molecule has 0 amide bonds. The quantitative estimate of drug-likeness (QED) is 0.420. The summed E-state index contributed by atoms with van der Waals surface area (Å²) in [5.41, 5.74) is 2.93. The second-order valence-corrected chi connectivity index (χ2v) is 2.73. The number of aliphatic hydroxyl groups is 1. The fourth-order valence-electron chi connectivity index (χ4n) is 0.603. The van der Waals surface area contributed by atoms with Crippen LogP contribution in [0.1, 0.15) is 13.3 Å². The summed E-state index contributed by atoms with van der Waals surface area (Å²) < 4.78 is 0. The van der Waals surface area contributed by atoms with Crippen LogP contribution in [0.2, 0.25) is 0 Å². The van der Waals surface area contributed by atoms with Gasteiger partial charge in [-0.25, -0.2) is 4.79 Å². The molecule has 2 atom stereocenters. The van der Waals surface area contributed by atoms with Gasteiger partial charge < -0.3 is 21.1 Å². The summed E-state index contributed by atoms with van der Waals surface area (Å²) >= 11 is 0. The molecule has 0 saturated carbocycles. The highest BCUT2D eigenvalue weighted by molar-refractivity contribution is 5.79. The minimum absolute atomic E-state index is 0.516. The Balaban J connectivity index is 4.24. The normalized spacial score (nSPS) is 17.9. The molecule has 0 spiro atoms. The first-order valence-electron chi connectivity index (χ1n) is 3.21. The topological polar surface area (TPSA) is 121 Å². The minimum atomic E-state index is -2.09. The monoisotopic (exact) mass is 177 g/mol. The van der Waals surface area contributed by atoms with Gasteiger partial charge in [-0.1, -0.05) is 0 Å². The first-order chi connectivity index (χ1) is 5.27. The Hall–Kier alpha value is -1.14. The smallest absolute Gasteiger partial charge is 0.335 e. The van der Waals surface area contributed by atoms with Crippen LogP contribution in [-0.2, 0) is 9.59 Å². The van der Waals surface area contributed by atoms with Crippen LogP contribution in [0.15, 0.2) is 0 Å². The fraction of sp³-hybridized carbons (Fsp3) is 0.667. The number of carbonyl (C=O) groups is 2. The predicted octanol–water partition coefficient (Wildman–Crippen LogP) is -1.38. The second-order valence-electron chi connectivity index (χ2n) is 2.73. The van der Waals surface area contributed by atoms with Gasteiger partial charge in [-0.15, -0.1) is 0 Å². The first kappa shape index (κ1) is 10.9. The van der Waals surface area contributed by atoms with E-state index in [-0.39, 0.29) is 0 Å². The zero-order valence-electron chi connectivity index (χ0n) is 6.52. The van der Waals surface area contributed by atoms with Crippen LogP contribution in [-0.4, -0.2) is 38.9 Å². The van der Waals surface area contributed by atoms with E-state index in [1.165, 1.54) is 0 Å². The molecule has 12 heavy (non-hydrogen) atoms. The van der Waals surface area contributed by atoms with E-state index >= 15 is 0 Å². The van der Waals surface area contributed by atoms with Gasteiger partial charge >= 0.3 is 11.9 Å². The van der Waals surface area contributed by atoms with Gasteiger partial charge in [0.05, 0.1) is 0 Å². The molecule has 0 aliphatic rings. The molecule has 0 aromatic rings. The molecule has 0 radical (unpaired) electrons.